The molecule has 1 heterocycles. The van der Waals surface area contributed by atoms with Crippen LogP contribution < -0.4 is 5.32 Å². The Labute approximate surface area is 96.5 Å². The molecule has 1 N–H and O–H groups in total. The van der Waals surface area contributed by atoms with Crippen LogP contribution in [0.4, 0.5) is 0 Å². The molecule has 0 radical (unpaired) electrons. The molecular weight excluding hydrogens is 206 g/mol. The fourth-order valence-electron chi connectivity index (χ4n) is 1.48. The number of nitrogens with zero attached hydrogens (tertiary/aromatic N) is 2. The van der Waals surface area contributed by atoms with Crippen LogP contribution in [0, 0.1) is 12.8 Å². The van der Waals surface area contributed by atoms with Crippen molar-refractivity contribution in [2.24, 2.45) is 5.92 Å². The van der Waals surface area contributed by atoms with Crippen LogP contribution in [-0.4, -0.2) is 21.9 Å². The lowest BCUT2D eigenvalue weighted by Gasteiger charge is -2.20. The fraction of sp³-hybridized carbons (Fsp3) is 0.818. The van der Waals surface area contributed by atoms with Gasteiger partial charge in [0.1, 0.15) is 10.8 Å². The van der Waals surface area contributed by atoms with E-state index < -0.39 is 0 Å². The molecule has 0 aliphatic heterocycles. The summed E-state index contributed by atoms with van der Waals surface area (Å²) in [6.07, 6.45) is 2.18. The summed E-state index contributed by atoms with van der Waals surface area (Å²) < 4.78 is 4.21. The van der Waals surface area contributed by atoms with Gasteiger partial charge in [-0.1, -0.05) is 20.8 Å². The molecule has 0 aromatic carbocycles. The second-order valence-corrected chi connectivity index (χ2v) is 5.08. The normalized spacial score (nSPS) is 13.4. The van der Waals surface area contributed by atoms with Gasteiger partial charge in [0.2, 0.25) is 0 Å². The van der Waals surface area contributed by atoms with E-state index in [1.165, 1.54) is 18.0 Å². The zero-order valence-corrected chi connectivity index (χ0v) is 10.9. The maximum absolute atomic E-state index is 4.41. The second kappa shape index (κ2) is 6.18. The van der Waals surface area contributed by atoms with Gasteiger partial charge in [0.15, 0.2) is 0 Å². The molecule has 1 unspecified atom stereocenters. The van der Waals surface area contributed by atoms with E-state index in [2.05, 4.69) is 35.4 Å². The molecule has 0 amide bonds. The Hall–Kier alpha value is -0.480. The number of aryl methyl sites for hydroxylation is 1. The van der Waals surface area contributed by atoms with Crippen molar-refractivity contribution >= 4 is 11.5 Å². The van der Waals surface area contributed by atoms with Gasteiger partial charge in [0, 0.05) is 12.5 Å². The standard InChI is InChI=1S/C11H21N3S/c1-5-6-12-10(8(2)3)7-11-13-9(4)14-15-11/h8,10,12H,5-7H2,1-4H3. The minimum absolute atomic E-state index is 0.525. The largest absolute Gasteiger partial charge is 0.313 e. The molecule has 1 rings (SSSR count). The van der Waals surface area contributed by atoms with E-state index in [9.17, 15) is 0 Å². The summed E-state index contributed by atoms with van der Waals surface area (Å²) in [5.41, 5.74) is 0. The van der Waals surface area contributed by atoms with Gasteiger partial charge in [-0.15, -0.1) is 0 Å². The third kappa shape index (κ3) is 4.26. The van der Waals surface area contributed by atoms with Crippen molar-refractivity contribution in [3.63, 3.8) is 0 Å². The van der Waals surface area contributed by atoms with Crippen LogP contribution >= 0.6 is 11.5 Å². The molecule has 0 aliphatic rings. The van der Waals surface area contributed by atoms with Gasteiger partial charge < -0.3 is 5.32 Å². The number of rotatable bonds is 6. The van der Waals surface area contributed by atoms with Crippen LogP contribution in [0.1, 0.15) is 38.0 Å². The topological polar surface area (TPSA) is 37.8 Å². The summed E-state index contributed by atoms with van der Waals surface area (Å²) >= 11 is 1.53. The molecule has 0 saturated heterocycles. The van der Waals surface area contributed by atoms with Crippen molar-refractivity contribution in [3.8, 4) is 0 Å². The maximum Gasteiger partial charge on any atom is 0.139 e. The van der Waals surface area contributed by atoms with Crippen molar-refractivity contribution in [2.75, 3.05) is 6.54 Å². The average molecular weight is 227 g/mol. The Morgan fingerprint density at radius 1 is 1.40 bits per heavy atom. The van der Waals surface area contributed by atoms with Crippen molar-refractivity contribution < 1.29 is 0 Å². The highest BCUT2D eigenvalue weighted by atomic mass is 32.1. The summed E-state index contributed by atoms with van der Waals surface area (Å²) in [4.78, 5) is 4.41. The lowest BCUT2D eigenvalue weighted by molar-refractivity contribution is 0.397. The molecule has 0 saturated carbocycles. The molecular formula is C11H21N3S. The zero-order valence-electron chi connectivity index (χ0n) is 10.1. The van der Waals surface area contributed by atoms with Crippen molar-refractivity contribution in [2.45, 2.75) is 46.6 Å². The van der Waals surface area contributed by atoms with Crippen molar-refractivity contribution in [3.05, 3.63) is 10.8 Å². The van der Waals surface area contributed by atoms with Gasteiger partial charge in [-0.05, 0) is 37.3 Å². The maximum atomic E-state index is 4.41. The van der Waals surface area contributed by atoms with Crippen LogP contribution in [0.3, 0.4) is 0 Å². The monoisotopic (exact) mass is 227 g/mol. The summed E-state index contributed by atoms with van der Waals surface area (Å²) in [5, 5.41) is 4.71. The predicted molar refractivity (Wildman–Crippen MR) is 65.3 cm³/mol. The first-order valence-corrected chi connectivity index (χ1v) is 6.43. The van der Waals surface area contributed by atoms with Crippen LogP contribution in [0.15, 0.2) is 0 Å². The van der Waals surface area contributed by atoms with Gasteiger partial charge in [0.05, 0.1) is 0 Å². The van der Waals surface area contributed by atoms with E-state index in [0.717, 1.165) is 23.8 Å². The highest BCUT2D eigenvalue weighted by Gasteiger charge is 2.15. The minimum Gasteiger partial charge on any atom is -0.313 e. The lowest BCUT2D eigenvalue weighted by atomic mass is 10.0. The minimum atomic E-state index is 0.525. The summed E-state index contributed by atoms with van der Waals surface area (Å²) in [6.45, 7) is 9.73. The quantitative estimate of drug-likeness (QED) is 0.811. The Kier molecular flexibility index (Phi) is 5.19. The predicted octanol–water partition coefficient (Wildman–Crippen LogP) is 2.41. The third-order valence-electron chi connectivity index (χ3n) is 2.43. The Morgan fingerprint density at radius 2 is 2.13 bits per heavy atom. The first-order chi connectivity index (χ1) is 7.13. The molecule has 3 nitrogen and oxygen atoms in total. The molecule has 15 heavy (non-hydrogen) atoms. The van der Waals surface area contributed by atoms with E-state index >= 15 is 0 Å². The Bertz CT molecular complexity index is 283. The second-order valence-electron chi connectivity index (χ2n) is 4.24. The molecule has 1 atom stereocenters. The number of hydrogen-bond acceptors (Lipinski definition) is 4. The molecule has 0 fully saturated rings. The summed E-state index contributed by atoms with van der Waals surface area (Å²) in [6, 6.07) is 0.525. The van der Waals surface area contributed by atoms with E-state index in [4.69, 9.17) is 0 Å². The number of nitrogens with one attached hydrogen (secondary N) is 1. The lowest BCUT2D eigenvalue weighted by Crippen LogP contribution is -2.36. The first kappa shape index (κ1) is 12.6. The van der Waals surface area contributed by atoms with Crippen LogP contribution in [0.5, 0.6) is 0 Å². The van der Waals surface area contributed by atoms with E-state index in [0.29, 0.717) is 12.0 Å². The van der Waals surface area contributed by atoms with Gasteiger partial charge in [-0.25, -0.2) is 4.98 Å². The van der Waals surface area contributed by atoms with Gasteiger partial charge in [-0.3, -0.25) is 0 Å². The average Bonchev–Trinajstić information content (AvgIpc) is 2.58. The Balaban J connectivity index is 2.50. The molecule has 1 aromatic heterocycles. The molecule has 1 aromatic rings. The smallest absolute Gasteiger partial charge is 0.139 e. The SMILES string of the molecule is CCCNC(Cc1nc(C)ns1)C(C)C. The Morgan fingerprint density at radius 3 is 2.60 bits per heavy atom. The van der Waals surface area contributed by atoms with Crippen LogP contribution in [0.2, 0.25) is 0 Å². The zero-order chi connectivity index (χ0) is 11.3. The van der Waals surface area contributed by atoms with Gasteiger partial charge >= 0.3 is 0 Å². The number of aromatic nitrogens is 2. The third-order valence-corrected chi connectivity index (χ3v) is 3.25. The fourth-order valence-corrected chi connectivity index (χ4v) is 2.19. The number of hydrogen-bond donors (Lipinski definition) is 1. The van der Waals surface area contributed by atoms with E-state index in [1.54, 1.807) is 0 Å². The molecule has 86 valence electrons. The van der Waals surface area contributed by atoms with Crippen LogP contribution in [0.25, 0.3) is 0 Å². The molecule has 0 aliphatic carbocycles. The molecule has 0 bridgehead atoms. The van der Waals surface area contributed by atoms with Gasteiger partial charge in [-0.2, -0.15) is 4.37 Å². The van der Waals surface area contributed by atoms with Crippen LogP contribution in [-0.2, 0) is 6.42 Å². The highest BCUT2D eigenvalue weighted by molar-refractivity contribution is 7.05. The van der Waals surface area contributed by atoms with Gasteiger partial charge in [0.25, 0.3) is 0 Å². The van der Waals surface area contributed by atoms with E-state index in [-0.39, 0.29) is 0 Å². The first-order valence-electron chi connectivity index (χ1n) is 5.66. The highest BCUT2D eigenvalue weighted by Crippen LogP contribution is 2.12. The van der Waals surface area contributed by atoms with Crippen molar-refractivity contribution in [1.82, 2.24) is 14.7 Å². The summed E-state index contributed by atoms with van der Waals surface area (Å²) in [7, 11) is 0. The van der Waals surface area contributed by atoms with E-state index in [1.807, 2.05) is 6.92 Å². The molecule has 4 heteroatoms. The summed E-state index contributed by atoms with van der Waals surface area (Å²) in [5.74, 6) is 1.54. The molecule has 0 spiro atoms. The van der Waals surface area contributed by atoms with Crippen molar-refractivity contribution in [1.29, 1.82) is 0 Å².